The topological polar surface area (TPSA) is 40.5 Å². The normalized spacial score (nSPS) is 33.7. The first-order valence-electron chi connectivity index (χ1n) is 8.33. The standard InChI is InChI=1S/C19H27NO2/c1-18-10-5-11-19(2,17(22)20(3)4)16(18)9-7-13-6-8-14(21)12-15(13)18/h6,8,12,16,21H,5,7,9-11H2,1-4H3/t16?,18?,19-/m0/s1. The molecule has 1 N–H and O–H groups in total. The summed E-state index contributed by atoms with van der Waals surface area (Å²) in [5, 5.41) is 9.95. The summed E-state index contributed by atoms with van der Waals surface area (Å²) in [6.07, 6.45) is 5.21. The highest BCUT2D eigenvalue weighted by Gasteiger charge is 2.55. The van der Waals surface area contributed by atoms with Crippen molar-refractivity contribution in [1.29, 1.82) is 0 Å². The number of carbonyl (C=O) groups excluding carboxylic acids is 1. The number of aryl methyl sites for hydroxylation is 1. The maximum Gasteiger partial charge on any atom is 0.228 e. The number of amides is 1. The van der Waals surface area contributed by atoms with Crippen molar-refractivity contribution in [2.75, 3.05) is 14.1 Å². The number of phenolic OH excluding ortho intramolecular Hbond substituents is 1. The predicted octanol–water partition coefficient (Wildman–Crippen LogP) is 3.49. The van der Waals surface area contributed by atoms with Crippen LogP contribution in [0.1, 0.15) is 50.7 Å². The van der Waals surface area contributed by atoms with Crippen LogP contribution in [0.3, 0.4) is 0 Å². The largest absolute Gasteiger partial charge is 0.508 e. The van der Waals surface area contributed by atoms with Gasteiger partial charge in [0.15, 0.2) is 0 Å². The van der Waals surface area contributed by atoms with Crippen molar-refractivity contribution in [3.63, 3.8) is 0 Å². The van der Waals surface area contributed by atoms with Crippen molar-refractivity contribution >= 4 is 5.91 Å². The molecule has 0 radical (unpaired) electrons. The number of phenols is 1. The zero-order chi connectivity index (χ0) is 16.1. The van der Waals surface area contributed by atoms with E-state index in [0.29, 0.717) is 11.7 Å². The molecule has 22 heavy (non-hydrogen) atoms. The number of rotatable bonds is 1. The molecule has 0 aromatic heterocycles. The number of hydrogen-bond acceptors (Lipinski definition) is 2. The van der Waals surface area contributed by atoms with Crippen molar-refractivity contribution < 1.29 is 9.90 Å². The molecule has 1 amide bonds. The predicted molar refractivity (Wildman–Crippen MR) is 87.9 cm³/mol. The lowest BCUT2D eigenvalue weighted by Crippen LogP contribution is -2.55. The van der Waals surface area contributed by atoms with E-state index in [-0.39, 0.29) is 16.7 Å². The molecule has 3 heteroatoms. The third kappa shape index (κ3) is 2.05. The van der Waals surface area contributed by atoms with Crippen LogP contribution >= 0.6 is 0 Å². The molecule has 0 bridgehead atoms. The molecule has 1 aromatic carbocycles. The molecule has 3 rings (SSSR count). The molecule has 2 aliphatic carbocycles. The van der Waals surface area contributed by atoms with E-state index in [1.54, 1.807) is 11.0 Å². The van der Waals surface area contributed by atoms with Crippen LogP contribution in [0.5, 0.6) is 5.75 Å². The lowest BCUT2D eigenvalue weighted by molar-refractivity contribution is -0.147. The van der Waals surface area contributed by atoms with Gasteiger partial charge in [0.2, 0.25) is 5.91 Å². The summed E-state index contributed by atoms with van der Waals surface area (Å²) in [7, 11) is 3.73. The number of hydrogen-bond donors (Lipinski definition) is 1. The fourth-order valence-electron chi connectivity index (χ4n) is 5.21. The molecule has 2 unspecified atom stereocenters. The summed E-state index contributed by atoms with van der Waals surface area (Å²) >= 11 is 0. The van der Waals surface area contributed by atoms with Crippen LogP contribution in [0.2, 0.25) is 0 Å². The monoisotopic (exact) mass is 301 g/mol. The Bertz CT molecular complexity index is 609. The van der Waals surface area contributed by atoms with E-state index in [4.69, 9.17) is 0 Å². The van der Waals surface area contributed by atoms with Gasteiger partial charge in [0.05, 0.1) is 5.41 Å². The van der Waals surface area contributed by atoms with Crippen LogP contribution in [-0.4, -0.2) is 30.0 Å². The van der Waals surface area contributed by atoms with E-state index in [0.717, 1.165) is 32.1 Å². The number of aromatic hydroxyl groups is 1. The molecule has 120 valence electrons. The van der Waals surface area contributed by atoms with Gasteiger partial charge >= 0.3 is 0 Å². The minimum Gasteiger partial charge on any atom is -0.508 e. The van der Waals surface area contributed by atoms with Crippen molar-refractivity contribution in [2.45, 2.75) is 51.4 Å². The van der Waals surface area contributed by atoms with Crippen molar-refractivity contribution in [2.24, 2.45) is 11.3 Å². The van der Waals surface area contributed by atoms with E-state index < -0.39 is 0 Å². The summed E-state index contributed by atoms with van der Waals surface area (Å²) in [6, 6.07) is 5.79. The number of benzene rings is 1. The molecule has 0 saturated heterocycles. The summed E-state index contributed by atoms with van der Waals surface area (Å²) < 4.78 is 0. The van der Waals surface area contributed by atoms with Gasteiger partial charge in [-0.25, -0.2) is 0 Å². The van der Waals surface area contributed by atoms with Gasteiger partial charge in [-0.1, -0.05) is 26.3 Å². The molecule has 1 aromatic rings. The van der Waals surface area contributed by atoms with Crippen LogP contribution in [0.4, 0.5) is 0 Å². The first-order chi connectivity index (χ1) is 10.3. The minimum absolute atomic E-state index is 0.00894. The molecule has 3 atom stereocenters. The van der Waals surface area contributed by atoms with Crippen LogP contribution in [0.25, 0.3) is 0 Å². The Morgan fingerprint density at radius 3 is 2.68 bits per heavy atom. The molecular formula is C19H27NO2. The SMILES string of the molecule is CN(C)C(=O)[C@@]1(C)CCCC2(C)c3cc(O)ccc3CCC21. The second kappa shape index (κ2) is 5.00. The van der Waals surface area contributed by atoms with E-state index >= 15 is 0 Å². The lowest BCUT2D eigenvalue weighted by Gasteiger charge is -2.55. The second-order valence-electron chi connectivity index (χ2n) is 7.82. The Kier molecular flexibility index (Phi) is 3.50. The zero-order valence-electron chi connectivity index (χ0n) is 14.1. The molecule has 0 heterocycles. The number of nitrogens with zero attached hydrogens (tertiary/aromatic N) is 1. The van der Waals surface area contributed by atoms with Gasteiger partial charge in [-0.05, 0) is 60.3 Å². The maximum atomic E-state index is 12.9. The summed E-state index contributed by atoms with van der Waals surface area (Å²) in [4.78, 5) is 14.6. The fraction of sp³-hybridized carbons (Fsp3) is 0.632. The smallest absolute Gasteiger partial charge is 0.228 e. The highest BCUT2D eigenvalue weighted by Crippen LogP contribution is 2.57. The van der Waals surface area contributed by atoms with E-state index in [1.165, 1.54) is 11.1 Å². The molecule has 0 aliphatic heterocycles. The number of carbonyl (C=O) groups is 1. The highest BCUT2D eigenvalue weighted by molar-refractivity contribution is 5.82. The van der Waals surface area contributed by atoms with Crippen LogP contribution < -0.4 is 0 Å². The first-order valence-corrected chi connectivity index (χ1v) is 8.33. The van der Waals surface area contributed by atoms with Crippen molar-refractivity contribution in [3.8, 4) is 5.75 Å². The molecule has 2 aliphatic rings. The van der Waals surface area contributed by atoms with Gasteiger partial charge in [0.25, 0.3) is 0 Å². The average Bonchev–Trinajstić information content (AvgIpc) is 2.46. The number of fused-ring (bicyclic) bond motifs is 3. The van der Waals surface area contributed by atoms with Crippen LogP contribution in [0.15, 0.2) is 18.2 Å². The van der Waals surface area contributed by atoms with Crippen LogP contribution in [0, 0.1) is 11.3 Å². The molecule has 1 fully saturated rings. The van der Waals surface area contributed by atoms with Gasteiger partial charge in [-0.2, -0.15) is 0 Å². The Labute approximate surface area is 133 Å². The quantitative estimate of drug-likeness (QED) is 0.862. The first kappa shape index (κ1) is 15.4. The van der Waals surface area contributed by atoms with Gasteiger partial charge in [0, 0.05) is 14.1 Å². The average molecular weight is 301 g/mol. The Hall–Kier alpha value is -1.51. The third-order valence-electron chi connectivity index (χ3n) is 6.24. The summed E-state index contributed by atoms with van der Waals surface area (Å²) in [5.74, 6) is 0.941. The Balaban J connectivity index is 2.09. The van der Waals surface area contributed by atoms with Crippen molar-refractivity contribution in [1.82, 2.24) is 4.90 Å². The molecule has 1 saturated carbocycles. The summed E-state index contributed by atoms with van der Waals surface area (Å²) in [5.41, 5.74) is 2.31. The summed E-state index contributed by atoms with van der Waals surface area (Å²) in [6.45, 7) is 4.46. The lowest BCUT2D eigenvalue weighted by atomic mass is 9.49. The Morgan fingerprint density at radius 1 is 1.27 bits per heavy atom. The van der Waals surface area contributed by atoms with Gasteiger partial charge < -0.3 is 10.0 Å². The third-order valence-corrected chi connectivity index (χ3v) is 6.24. The fourth-order valence-corrected chi connectivity index (χ4v) is 5.21. The molecule has 3 nitrogen and oxygen atoms in total. The van der Waals surface area contributed by atoms with Gasteiger partial charge in [-0.3, -0.25) is 4.79 Å². The van der Waals surface area contributed by atoms with E-state index in [9.17, 15) is 9.90 Å². The van der Waals surface area contributed by atoms with E-state index in [2.05, 4.69) is 19.9 Å². The van der Waals surface area contributed by atoms with Crippen LogP contribution in [-0.2, 0) is 16.6 Å². The van der Waals surface area contributed by atoms with Gasteiger partial charge in [-0.15, -0.1) is 0 Å². The Morgan fingerprint density at radius 2 is 2.00 bits per heavy atom. The van der Waals surface area contributed by atoms with E-state index in [1.807, 2.05) is 20.2 Å². The second-order valence-corrected chi connectivity index (χ2v) is 7.82. The molecular weight excluding hydrogens is 274 g/mol. The zero-order valence-corrected chi connectivity index (χ0v) is 14.1. The van der Waals surface area contributed by atoms with Gasteiger partial charge in [0.1, 0.15) is 5.75 Å². The minimum atomic E-state index is -0.292. The highest BCUT2D eigenvalue weighted by atomic mass is 16.3. The maximum absolute atomic E-state index is 12.9. The van der Waals surface area contributed by atoms with Crippen molar-refractivity contribution in [3.05, 3.63) is 29.3 Å². The molecule has 0 spiro atoms.